The van der Waals surface area contributed by atoms with Gasteiger partial charge in [-0.05, 0) is 99.8 Å². The summed E-state index contributed by atoms with van der Waals surface area (Å²) in [5.41, 5.74) is 14.1. The molecule has 57 heavy (non-hydrogen) atoms. The molecule has 0 fully saturated rings. The summed E-state index contributed by atoms with van der Waals surface area (Å²) < 4.78 is 6.05. The Morgan fingerprint density at radius 2 is 0.947 bits per heavy atom. The summed E-state index contributed by atoms with van der Waals surface area (Å²) >= 11 is 1.76. The van der Waals surface area contributed by atoms with E-state index in [-0.39, 0.29) is 0 Å². The molecule has 0 spiro atoms. The number of benzene rings is 9. The Bertz CT molecular complexity index is 3500. The number of para-hydroxylation sites is 3. The van der Waals surface area contributed by atoms with Crippen LogP contribution in [0.5, 0.6) is 0 Å². The van der Waals surface area contributed by atoms with Crippen molar-refractivity contribution in [2.24, 2.45) is 0 Å². The topological polar surface area (TPSA) is 22.8 Å². The molecule has 3 nitrogen and oxygen atoms in total. The lowest BCUT2D eigenvalue weighted by molar-refractivity contribution is 1.18. The molecule has 0 radical (unpaired) electrons. The second kappa shape index (κ2) is 12.6. The van der Waals surface area contributed by atoms with Crippen molar-refractivity contribution < 1.29 is 0 Å². The van der Waals surface area contributed by atoms with Crippen LogP contribution in [-0.4, -0.2) is 14.1 Å². The van der Waals surface area contributed by atoms with Gasteiger partial charge in [0.15, 0.2) is 0 Å². The molecule has 3 aromatic heterocycles. The maximum absolute atomic E-state index is 5.21. The Balaban J connectivity index is 1.04. The quantitative estimate of drug-likeness (QED) is 0.172. The minimum absolute atomic E-state index is 1.03. The second-order valence-electron chi connectivity index (χ2n) is 14.8. The molecule has 4 heteroatoms. The summed E-state index contributed by atoms with van der Waals surface area (Å²) in [6.07, 6.45) is 0. The molecule has 3 heterocycles. The molecule has 0 aliphatic rings. The van der Waals surface area contributed by atoms with E-state index in [4.69, 9.17) is 4.98 Å². The molecule has 0 aliphatic carbocycles. The van der Waals surface area contributed by atoms with E-state index in [9.17, 15) is 0 Å². The zero-order valence-corrected chi connectivity index (χ0v) is 31.6. The molecule has 0 N–H and O–H groups in total. The van der Waals surface area contributed by atoms with Crippen molar-refractivity contribution in [2.45, 2.75) is 0 Å². The van der Waals surface area contributed by atoms with E-state index >= 15 is 0 Å². The molecule has 0 saturated heterocycles. The van der Waals surface area contributed by atoms with E-state index in [0.717, 1.165) is 27.5 Å². The lowest BCUT2D eigenvalue weighted by Crippen LogP contribution is -1.98. The Morgan fingerprint density at radius 1 is 0.368 bits per heavy atom. The van der Waals surface area contributed by atoms with E-state index in [1.54, 1.807) is 11.3 Å². The van der Waals surface area contributed by atoms with Crippen molar-refractivity contribution >= 4 is 75.9 Å². The number of fused-ring (bicyclic) bond motifs is 8. The van der Waals surface area contributed by atoms with Crippen molar-refractivity contribution in [1.29, 1.82) is 0 Å². The predicted molar refractivity (Wildman–Crippen MR) is 242 cm³/mol. The molecule has 0 amide bonds. The molecule has 0 saturated carbocycles. The van der Waals surface area contributed by atoms with Crippen LogP contribution in [0, 0.1) is 0 Å². The van der Waals surface area contributed by atoms with Crippen LogP contribution in [0.3, 0.4) is 0 Å². The van der Waals surface area contributed by atoms with Gasteiger partial charge in [0.25, 0.3) is 0 Å². The van der Waals surface area contributed by atoms with Crippen molar-refractivity contribution in [2.75, 3.05) is 0 Å². The zero-order valence-electron chi connectivity index (χ0n) is 30.8. The number of rotatable bonds is 5. The molecule has 266 valence electrons. The van der Waals surface area contributed by atoms with Gasteiger partial charge in [-0.25, -0.2) is 4.98 Å². The van der Waals surface area contributed by atoms with E-state index in [2.05, 4.69) is 209 Å². The van der Waals surface area contributed by atoms with E-state index in [1.807, 2.05) is 0 Å². The molecular formula is C53H33N3S. The third-order valence-corrected chi connectivity index (χ3v) is 12.6. The van der Waals surface area contributed by atoms with E-state index < -0.39 is 0 Å². The van der Waals surface area contributed by atoms with E-state index in [1.165, 1.54) is 81.3 Å². The number of hydrogen-bond acceptors (Lipinski definition) is 2. The van der Waals surface area contributed by atoms with Crippen LogP contribution in [0.1, 0.15) is 0 Å². The fraction of sp³-hybridized carbons (Fsp3) is 0. The third kappa shape index (κ3) is 5.01. The predicted octanol–water partition coefficient (Wildman–Crippen LogP) is 14.6. The highest BCUT2D eigenvalue weighted by molar-refractivity contribution is 7.21. The minimum Gasteiger partial charge on any atom is -0.309 e. The van der Waals surface area contributed by atoms with Crippen LogP contribution >= 0.6 is 11.3 Å². The van der Waals surface area contributed by atoms with Crippen LogP contribution < -0.4 is 0 Å². The van der Waals surface area contributed by atoms with Gasteiger partial charge in [-0.15, -0.1) is 11.3 Å². The van der Waals surface area contributed by atoms with Gasteiger partial charge >= 0.3 is 0 Å². The van der Waals surface area contributed by atoms with Crippen LogP contribution in [-0.2, 0) is 0 Å². The lowest BCUT2D eigenvalue weighted by Gasteiger charge is -2.15. The number of aromatic nitrogens is 3. The first kappa shape index (κ1) is 32.0. The molecule has 0 bridgehead atoms. The molecule has 0 aliphatic heterocycles. The Hall–Kier alpha value is -7.27. The Labute approximate surface area is 333 Å². The van der Waals surface area contributed by atoms with Crippen molar-refractivity contribution in [3.8, 4) is 44.2 Å². The van der Waals surface area contributed by atoms with Gasteiger partial charge in [0, 0.05) is 32.8 Å². The maximum atomic E-state index is 5.21. The summed E-state index contributed by atoms with van der Waals surface area (Å²) in [7, 11) is 0. The summed E-state index contributed by atoms with van der Waals surface area (Å²) in [6.45, 7) is 0. The van der Waals surface area contributed by atoms with Crippen LogP contribution in [0.25, 0.3) is 109 Å². The molecule has 9 aromatic carbocycles. The minimum atomic E-state index is 1.03. The van der Waals surface area contributed by atoms with Crippen LogP contribution in [0.2, 0.25) is 0 Å². The van der Waals surface area contributed by atoms with Crippen molar-refractivity contribution in [3.63, 3.8) is 0 Å². The number of nitrogens with zero attached hydrogens (tertiary/aromatic N) is 3. The molecule has 12 rings (SSSR count). The molecule has 12 aromatic rings. The lowest BCUT2D eigenvalue weighted by atomic mass is 10.0. The largest absolute Gasteiger partial charge is 0.309 e. The highest BCUT2D eigenvalue weighted by Crippen LogP contribution is 2.43. The van der Waals surface area contributed by atoms with Gasteiger partial charge in [0.05, 0.1) is 38.0 Å². The second-order valence-corrected chi connectivity index (χ2v) is 15.8. The number of thiazole rings is 1. The Kier molecular flexibility index (Phi) is 7.10. The first-order valence-electron chi connectivity index (χ1n) is 19.4. The smallest absolute Gasteiger partial charge is 0.127 e. The normalized spacial score (nSPS) is 11.9. The van der Waals surface area contributed by atoms with Crippen molar-refractivity contribution in [1.82, 2.24) is 14.1 Å². The van der Waals surface area contributed by atoms with E-state index in [0.29, 0.717) is 0 Å². The van der Waals surface area contributed by atoms with Crippen LogP contribution in [0.4, 0.5) is 0 Å². The average molecular weight is 744 g/mol. The molecular weight excluding hydrogens is 711 g/mol. The summed E-state index contributed by atoms with van der Waals surface area (Å²) in [5.74, 6) is 0. The summed E-state index contributed by atoms with van der Waals surface area (Å²) in [6, 6.07) is 72.7. The van der Waals surface area contributed by atoms with Crippen LogP contribution in [0.15, 0.2) is 200 Å². The van der Waals surface area contributed by atoms with Gasteiger partial charge in [0.2, 0.25) is 0 Å². The highest BCUT2D eigenvalue weighted by atomic mass is 32.1. The van der Waals surface area contributed by atoms with Gasteiger partial charge in [-0.1, -0.05) is 133 Å². The monoisotopic (exact) mass is 743 g/mol. The molecule has 0 atom stereocenters. The first-order chi connectivity index (χ1) is 28.3. The zero-order chi connectivity index (χ0) is 37.5. The fourth-order valence-corrected chi connectivity index (χ4v) is 9.98. The standard InChI is InChI=1S/C53H33N3S/c1-2-13-34(14-3-1)36-16-12-17-39(31-36)55-46-22-9-6-19-41(46)43-32-37(26-28-48(43)55)38-27-29-49-44(33-38)42-20-7-10-23-47(42)56(49)50-30-25-35-15-4-5-18-40(35)52(50)53-54-45-21-8-11-24-51(45)57-53/h1-33H. The highest BCUT2D eigenvalue weighted by Gasteiger charge is 2.21. The van der Waals surface area contributed by atoms with Gasteiger partial charge in [0.1, 0.15) is 5.01 Å². The van der Waals surface area contributed by atoms with Crippen molar-refractivity contribution in [3.05, 3.63) is 200 Å². The fourth-order valence-electron chi connectivity index (χ4n) is 8.95. The van der Waals surface area contributed by atoms with Gasteiger partial charge < -0.3 is 9.13 Å². The van der Waals surface area contributed by atoms with Gasteiger partial charge in [-0.3, -0.25) is 0 Å². The summed E-state index contributed by atoms with van der Waals surface area (Å²) in [5, 5.41) is 8.39. The third-order valence-electron chi connectivity index (χ3n) is 11.5. The Morgan fingerprint density at radius 3 is 1.70 bits per heavy atom. The maximum Gasteiger partial charge on any atom is 0.127 e. The number of hydrogen-bond donors (Lipinski definition) is 0. The SMILES string of the molecule is c1ccc(-c2cccc(-n3c4ccccc4c4cc(-c5ccc6c(c5)c5ccccc5n6-c5ccc6ccccc6c5-c5nc6ccccc6s5)ccc43)c2)cc1. The molecule has 0 unspecified atom stereocenters. The average Bonchev–Trinajstić information content (AvgIpc) is 3.96. The summed E-state index contributed by atoms with van der Waals surface area (Å²) in [4.78, 5) is 5.21. The first-order valence-corrected chi connectivity index (χ1v) is 20.2. The van der Waals surface area contributed by atoms with Gasteiger partial charge in [-0.2, -0.15) is 0 Å².